The van der Waals surface area contributed by atoms with Crippen LogP contribution in [0.5, 0.6) is 17.2 Å². The zero-order valence-corrected chi connectivity index (χ0v) is 15.8. The van der Waals surface area contributed by atoms with Gasteiger partial charge in [0.25, 0.3) is 0 Å². The first-order valence-electron chi connectivity index (χ1n) is 8.34. The van der Waals surface area contributed by atoms with Gasteiger partial charge in [-0.25, -0.2) is 9.59 Å². The van der Waals surface area contributed by atoms with Crippen molar-refractivity contribution in [2.45, 2.75) is 32.0 Å². The molecule has 2 N–H and O–H groups in total. The SMILES string of the molecule is CCCC(Oc1ccc(Oc2ccc(C(F)(F)F)c(Cl)c2)cc1C(=O)O)C(=O)O. The molecule has 2 aromatic carbocycles. The van der Waals surface area contributed by atoms with Crippen LogP contribution in [0.3, 0.4) is 0 Å². The fourth-order valence-electron chi connectivity index (χ4n) is 2.42. The fraction of sp³-hybridized carbons (Fsp3) is 0.263. The van der Waals surface area contributed by atoms with Gasteiger partial charge in [0.1, 0.15) is 22.8 Å². The van der Waals surface area contributed by atoms with Crippen molar-refractivity contribution in [2.75, 3.05) is 0 Å². The number of hydrogen-bond donors (Lipinski definition) is 2. The first kappa shape index (κ1) is 22.4. The highest BCUT2D eigenvalue weighted by molar-refractivity contribution is 6.31. The van der Waals surface area contributed by atoms with Crippen molar-refractivity contribution in [3.05, 3.63) is 52.5 Å². The third-order valence-electron chi connectivity index (χ3n) is 3.76. The van der Waals surface area contributed by atoms with Gasteiger partial charge in [-0.05, 0) is 36.8 Å². The molecule has 0 aliphatic rings. The van der Waals surface area contributed by atoms with E-state index < -0.39 is 34.8 Å². The van der Waals surface area contributed by atoms with Gasteiger partial charge >= 0.3 is 18.1 Å². The van der Waals surface area contributed by atoms with Crippen LogP contribution in [0.15, 0.2) is 36.4 Å². The van der Waals surface area contributed by atoms with Crippen LogP contribution in [-0.2, 0) is 11.0 Å². The monoisotopic (exact) mass is 432 g/mol. The molecule has 0 amide bonds. The third-order valence-corrected chi connectivity index (χ3v) is 4.07. The van der Waals surface area contributed by atoms with Crippen LogP contribution < -0.4 is 9.47 Å². The molecule has 29 heavy (non-hydrogen) atoms. The molecule has 10 heteroatoms. The number of benzene rings is 2. The number of carbonyl (C=O) groups is 2. The maximum Gasteiger partial charge on any atom is 0.417 e. The zero-order chi connectivity index (χ0) is 21.8. The Bertz CT molecular complexity index is 913. The van der Waals surface area contributed by atoms with Crippen LogP contribution >= 0.6 is 11.6 Å². The first-order chi connectivity index (χ1) is 13.5. The lowest BCUT2D eigenvalue weighted by atomic mass is 10.1. The van der Waals surface area contributed by atoms with Crippen LogP contribution in [-0.4, -0.2) is 28.3 Å². The minimum absolute atomic E-state index is 0.00654. The summed E-state index contributed by atoms with van der Waals surface area (Å²) in [6, 6.07) is 6.34. The molecule has 2 rings (SSSR count). The number of aromatic carboxylic acids is 1. The Hall–Kier alpha value is -2.94. The highest BCUT2D eigenvalue weighted by Gasteiger charge is 2.33. The molecule has 0 bridgehead atoms. The number of hydrogen-bond acceptors (Lipinski definition) is 4. The molecule has 156 valence electrons. The minimum Gasteiger partial charge on any atom is -0.479 e. The predicted octanol–water partition coefficient (Wildman–Crippen LogP) is 5.48. The quantitative estimate of drug-likeness (QED) is 0.573. The van der Waals surface area contributed by atoms with Gasteiger partial charge in [-0.2, -0.15) is 13.2 Å². The molecule has 0 saturated carbocycles. The average molecular weight is 433 g/mol. The molecule has 2 aromatic rings. The van der Waals surface area contributed by atoms with Gasteiger partial charge in [0.05, 0.1) is 10.6 Å². The molecule has 0 saturated heterocycles. The molecule has 0 radical (unpaired) electrons. The van der Waals surface area contributed by atoms with Gasteiger partial charge in [-0.15, -0.1) is 0 Å². The molecular formula is C19H16ClF3O6. The van der Waals surface area contributed by atoms with Crippen molar-refractivity contribution < 1.29 is 42.4 Å². The lowest BCUT2D eigenvalue weighted by molar-refractivity contribution is -0.145. The number of aliphatic carboxylic acids is 1. The van der Waals surface area contributed by atoms with E-state index >= 15 is 0 Å². The Morgan fingerprint density at radius 1 is 1.10 bits per heavy atom. The largest absolute Gasteiger partial charge is 0.479 e. The first-order valence-corrected chi connectivity index (χ1v) is 8.72. The van der Waals surface area contributed by atoms with E-state index in [4.69, 9.17) is 26.2 Å². The minimum atomic E-state index is -4.62. The molecule has 0 fully saturated rings. The maximum absolute atomic E-state index is 12.8. The second kappa shape index (κ2) is 9.04. The molecule has 1 unspecified atom stereocenters. The molecule has 0 spiro atoms. The Labute approximate surface area is 168 Å². The summed E-state index contributed by atoms with van der Waals surface area (Å²) in [7, 11) is 0. The summed E-state index contributed by atoms with van der Waals surface area (Å²) in [5, 5.41) is 18.0. The van der Waals surface area contributed by atoms with Crippen molar-refractivity contribution in [3.8, 4) is 17.2 Å². The van der Waals surface area contributed by atoms with Crippen molar-refractivity contribution in [2.24, 2.45) is 0 Å². The summed E-state index contributed by atoms with van der Waals surface area (Å²) in [6.45, 7) is 1.75. The van der Waals surface area contributed by atoms with Crippen LogP contribution in [0, 0.1) is 0 Å². The topological polar surface area (TPSA) is 93.1 Å². The summed E-state index contributed by atoms with van der Waals surface area (Å²) < 4.78 is 49.0. The van der Waals surface area contributed by atoms with Crippen molar-refractivity contribution in [3.63, 3.8) is 0 Å². The van der Waals surface area contributed by atoms with Gasteiger partial charge < -0.3 is 19.7 Å². The zero-order valence-electron chi connectivity index (χ0n) is 15.0. The summed E-state index contributed by atoms with van der Waals surface area (Å²) in [5.74, 6) is -2.84. The summed E-state index contributed by atoms with van der Waals surface area (Å²) in [6.07, 6.45) is -5.16. The van der Waals surface area contributed by atoms with E-state index in [0.29, 0.717) is 6.42 Å². The lowest BCUT2D eigenvalue weighted by Crippen LogP contribution is -2.27. The number of carboxylic acids is 2. The van der Waals surface area contributed by atoms with E-state index in [1.807, 2.05) is 0 Å². The van der Waals surface area contributed by atoms with Crippen molar-refractivity contribution in [1.29, 1.82) is 0 Å². The third kappa shape index (κ3) is 5.77. The van der Waals surface area contributed by atoms with E-state index in [0.717, 1.165) is 24.3 Å². The van der Waals surface area contributed by atoms with Crippen molar-refractivity contribution >= 4 is 23.5 Å². The van der Waals surface area contributed by atoms with Crippen LogP contribution in [0.2, 0.25) is 5.02 Å². The average Bonchev–Trinajstić information content (AvgIpc) is 2.61. The van der Waals surface area contributed by atoms with Crippen LogP contribution in [0.4, 0.5) is 13.2 Å². The number of ether oxygens (including phenoxy) is 2. The Balaban J connectivity index is 2.29. The summed E-state index contributed by atoms with van der Waals surface area (Å²) >= 11 is 5.63. The number of alkyl halides is 3. The van der Waals surface area contributed by atoms with Gasteiger partial charge in [-0.1, -0.05) is 24.9 Å². The van der Waals surface area contributed by atoms with E-state index in [2.05, 4.69) is 0 Å². The van der Waals surface area contributed by atoms with Crippen molar-refractivity contribution in [1.82, 2.24) is 0 Å². The lowest BCUT2D eigenvalue weighted by Gasteiger charge is -2.17. The predicted molar refractivity (Wildman–Crippen MR) is 96.9 cm³/mol. The van der Waals surface area contributed by atoms with E-state index in [9.17, 15) is 27.9 Å². The Morgan fingerprint density at radius 3 is 2.24 bits per heavy atom. The van der Waals surface area contributed by atoms with Crippen LogP contribution in [0.25, 0.3) is 0 Å². The highest BCUT2D eigenvalue weighted by Crippen LogP contribution is 2.37. The number of halogens is 4. The fourth-order valence-corrected chi connectivity index (χ4v) is 2.69. The molecular weight excluding hydrogens is 417 g/mol. The van der Waals surface area contributed by atoms with Gasteiger partial charge in [-0.3, -0.25) is 0 Å². The van der Waals surface area contributed by atoms with Gasteiger partial charge in [0.15, 0.2) is 6.10 Å². The molecule has 0 aliphatic carbocycles. The molecule has 0 aliphatic heterocycles. The highest BCUT2D eigenvalue weighted by atomic mass is 35.5. The standard InChI is InChI=1S/C19H16ClF3O6/c1-2-3-16(18(26)27)29-15-7-5-10(8-12(15)17(24)25)28-11-4-6-13(14(20)9-11)19(21,22)23/h4-9,16H,2-3H2,1H3,(H,24,25)(H,26,27). The summed E-state index contributed by atoms with van der Waals surface area (Å²) in [5.41, 5.74) is -1.39. The maximum atomic E-state index is 12.8. The molecule has 1 atom stereocenters. The second-order valence-corrected chi connectivity index (χ2v) is 6.35. The molecule has 0 aromatic heterocycles. The number of rotatable bonds is 8. The summed E-state index contributed by atoms with van der Waals surface area (Å²) in [4.78, 5) is 22.7. The Kier molecular flexibility index (Phi) is 6.97. The smallest absolute Gasteiger partial charge is 0.417 e. The van der Waals surface area contributed by atoms with Crippen LogP contribution in [0.1, 0.15) is 35.7 Å². The molecule has 6 nitrogen and oxygen atoms in total. The normalized spacial score (nSPS) is 12.3. The number of carboxylic acid groups (broad SMARTS) is 2. The van der Waals surface area contributed by atoms with Gasteiger partial charge in [0.2, 0.25) is 0 Å². The van der Waals surface area contributed by atoms with E-state index in [-0.39, 0.29) is 29.2 Å². The second-order valence-electron chi connectivity index (χ2n) is 5.94. The molecule has 0 heterocycles. The van der Waals surface area contributed by atoms with E-state index in [1.165, 1.54) is 12.1 Å². The Morgan fingerprint density at radius 2 is 1.72 bits per heavy atom. The van der Waals surface area contributed by atoms with E-state index in [1.54, 1.807) is 6.92 Å². The van der Waals surface area contributed by atoms with Gasteiger partial charge in [0, 0.05) is 6.07 Å².